The fourth-order valence-corrected chi connectivity index (χ4v) is 3.01. The van der Waals surface area contributed by atoms with Crippen molar-refractivity contribution >= 4 is 0 Å². The highest BCUT2D eigenvalue weighted by Gasteiger charge is 2.32. The molecule has 1 heterocycles. The van der Waals surface area contributed by atoms with E-state index in [0.29, 0.717) is 0 Å². The standard InChI is InChI=1S/C19H23NO/c1-12-5-6-13(2)15(9-12)18(20)14-7-8-17-16(10-14)19(3,4)11-21-17/h5-10,18H,11,20H2,1-4H3. The average Bonchev–Trinajstić information content (AvgIpc) is 2.76. The van der Waals surface area contributed by atoms with Crippen molar-refractivity contribution in [3.63, 3.8) is 0 Å². The molecule has 2 N–H and O–H groups in total. The molecule has 1 atom stereocenters. The van der Waals surface area contributed by atoms with Crippen LogP contribution in [-0.4, -0.2) is 6.61 Å². The molecule has 110 valence electrons. The van der Waals surface area contributed by atoms with E-state index in [1.807, 2.05) is 0 Å². The van der Waals surface area contributed by atoms with Crippen molar-refractivity contribution in [2.45, 2.75) is 39.2 Å². The van der Waals surface area contributed by atoms with Gasteiger partial charge in [0.05, 0.1) is 12.6 Å². The number of rotatable bonds is 2. The summed E-state index contributed by atoms with van der Waals surface area (Å²) in [6.07, 6.45) is 0. The van der Waals surface area contributed by atoms with Crippen LogP contribution in [-0.2, 0) is 5.41 Å². The van der Waals surface area contributed by atoms with E-state index in [1.54, 1.807) is 0 Å². The van der Waals surface area contributed by atoms with Crippen molar-refractivity contribution in [1.82, 2.24) is 0 Å². The van der Waals surface area contributed by atoms with Gasteiger partial charge in [0.1, 0.15) is 5.75 Å². The third kappa shape index (κ3) is 2.44. The summed E-state index contributed by atoms with van der Waals surface area (Å²) in [5, 5.41) is 0. The maximum Gasteiger partial charge on any atom is 0.123 e. The summed E-state index contributed by atoms with van der Waals surface area (Å²) < 4.78 is 5.76. The number of nitrogens with two attached hydrogens (primary N) is 1. The fourth-order valence-electron chi connectivity index (χ4n) is 3.01. The molecule has 0 fully saturated rings. The second-order valence-corrected chi connectivity index (χ2v) is 6.77. The van der Waals surface area contributed by atoms with Gasteiger partial charge in [0.15, 0.2) is 0 Å². The fraction of sp³-hybridized carbons (Fsp3) is 0.368. The lowest BCUT2D eigenvalue weighted by Gasteiger charge is -2.19. The second kappa shape index (κ2) is 4.88. The van der Waals surface area contributed by atoms with Gasteiger partial charge in [-0.15, -0.1) is 0 Å². The molecule has 0 bridgehead atoms. The van der Waals surface area contributed by atoms with Gasteiger partial charge in [0, 0.05) is 11.0 Å². The van der Waals surface area contributed by atoms with Crippen LogP contribution in [0.1, 0.15) is 47.7 Å². The van der Waals surface area contributed by atoms with E-state index in [2.05, 4.69) is 64.1 Å². The molecule has 2 aromatic rings. The van der Waals surface area contributed by atoms with E-state index in [9.17, 15) is 0 Å². The molecule has 2 aromatic carbocycles. The maximum atomic E-state index is 6.53. The average molecular weight is 281 g/mol. The molecule has 0 spiro atoms. The summed E-state index contributed by atoms with van der Waals surface area (Å²) in [4.78, 5) is 0. The number of fused-ring (bicyclic) bond motifs is 1. The molecule has 0 amide bonds. The molecule has 0 aromatic heterocycles. The van der Waals surface area contributed by atoms with Crippen LogP contribution in [0.5, 0.6) is 5.75 Å². The highest BCUT2D eigenvalue weighted by atomic mass is 16.5. The molecule has 3 rings (SSSR count). The summed E-state index contributed by atoms with van der Waals surface area (Å²) in [5.41, 5.74) is 12.7. The zero-order chi connectivity index (χ0) is 15.2. The Labute approximate surface area is 126 Å². The number of benzene rings is 2. The lowest BCUT2D eigenvalue weighted by molar-refractivity contribution is 0.291. The Hall–Kier alpha value is -1.80. The largest absolute Gasteiger partial charge is 0.492 e. The lowest BCUT2D eigenvalue weighted by Crippen LogP contribution is -2.19. The first-order chi connectivity index (χ1) is 9.88. The third-order valence-electron chi connectivity index (χ3n) is 4.45. The minimum Gasteiger partial charge on any atom is -0.492 e. The van der Waals surface area contributed by atoms with Gasteiger partial charge in [-0.1, -0.05) is 43.7 Å². The van der Waals surface area contributed by atoms with Crippen LogP contribution in [0.3, 0.4) is 0 Å². The van der Waals surface area contributed by atoms with Crippen LogP contribution in [0, 0.1) is 13.8 Å². The Bertz CT molecular complexity index is 688. The molecule has 0 saturated heterocycles. The van der Waals surface area contributed by atoms with Crippen LogP contribution >= 0.6 is 0 Å². The summed E-state index contributed by atoms with van der Waals surface area (Å²) in [6.45, 7) is 9.40. The number of hydrogen-bond acceptors (Lipinski definition) is 2. The Morgan fingerprint density at radius 1 is 1.10 bits per heavy atom. The summed E-state index contributed by atoms with van der Waals surface area (Å²) in [7, 11) is 0. The summed E-state index contributed by atoms with van der Waals surface area (Å²) in [6, 6.07) is 12.7. The summed E-state index contributed by atoms with van der Waals surface area (Å²) >= 11 is 0. The van der Waals surface area contributed by atoms with Gasteiger partial charge < -0.3 is 10.5 Å². The van der Waals surface area contributed by atoms with Gasteiger partial charge >= 0.3 is 0 Å². The lowest BCUT2D eigenvalue weighted by atomic mass is 9.84. The third-order valence-corrected chi connectivity index (χ3v) is 4.45. The van der Waals surface area contributed by atoms with Crippen molar-refractivity contribution in [3.8, 4) is 5.75 Å². The zero-order valence-corrected chi connectivity index (χ0v) is 13.2. The molecule has 2 nitrogen and oxygen atoms in total. The molecule has 0 radical (unpaired) electrons. The van der Waals surface area contributed by atoms with E-state index in [1.165, 1.54) is 22.3 Å². The van der Waals surface area contributed by atoms with Gasteiger partial charge in [-0.05, 0) is 42.7 Å². The molecule has 1 aliphatic rings. The first kappa shape index (κ1) is 14.2. The number of hydrogen-bond donors (Lipinski definition) is 1. The molecule has 0 aliphatic carbocycles. The maximum absolute atomic E-state index is 6.53. The van der Waals surface area contributed by atoms with Crippen molar-refractivity contribution in [3.05, 3.63) is 64.2 Å². The Morgan fingerprint density at radius 2 is 1.86 bits per heavy atom. The van der Waals surface area contributed by atoms with Crippen molar-refractivity contribution < 1.29 is 4.74 Å². The van der Waals surface area contributed by atoms with E-state index in [-0.39, 0.29) is 11.5 Å². The SMILES string of the molecule is Cc1ccc(C)c(C(N)c2ccc3c(c2)C(C)(C)CO3)c1. The first-order valence-electron chi connectivity index (χ1n) is 7.48. The van der Waals surface area contributed by atoms with Crippen molar-refractivity contribution in [2.75, 3.05) is 6.61 Å². The quantitative estimate of drug-likeness (QED) is 0.902. The van der Waals surface area contributed by atoms with Crippen LogP contribution in [0.4, 0.5) is 0 Å². The molecular formula is C19H23NO. The minimum absolute atomic E-state index is 0.0622. The monoisotopic (exact) mass is 281 g/mol. The Balaban J connectivity index is 2.03. The van der Waals surface area contributed by atoms with Crippen LogP contribution in [0.15, 0.2) is 36.4 Å². The van der Waals surface area contributed by atoms with Gasteiger partial charge in [-0.3, -0.25) is 0 Å². The first-order valence-corrected chi connectivity index (χ1v) is 7.48. The van der Waals surface area contributed by atoms with Crippen molar-refractivity contribution in [2.24, 2.45) is 5.73 Å². The van der Waals surface area contributed by atoms with Crippen LogP contribution < -0.4 is 10.5 Å². The molecule has 1 aliphatic heterocycles. The van der Waals surface area contributed by atoms with E-state index >= 15 is 0 Å². The van der Waals surface area contributed by atoms with E-state index in [0.717, 1.165) is 17.9 Å². The highest BCUT2D eigenvalue weighted by Crippen LogP contribution is 2.40. The summed E-state index contributed by atoms with van der Waals surface area (Å²) in [5.74, 6) is 0.997. The van der Waals surface area contributed by atoms with Crippen LogP contribution in [0.25, 0.3) is 0 Å². The second-order valence-electron chi connectivity index (χ2n) is 6.77. The Kier molecular flexibility index (Phi) is 3.29. The van der Waals surface area contributed by atoms with Gasteiger partial charge in [-0.2, -0.15) is 0 Å². The molecule has 0 saturated carbocycles. The minimum atomic E-state index is -0.0911. The van der Waals surface area contributed by atoms with Gasteiger partial charge in [-0.25, -0.2) is 0 Å². The van der Waals surface area contributed by atoms with Gasteiger partial charge in [0.2, 0.25) is 0 Å². The van der Waals surface area contributed by atoms with E-state index in [4.69, 9.17) is 10.5 Å². The predicted octanol–water partition coefficient (Wildman–Crippen LogP) is 4.02. The van der Waals surface area contributed by atoms with Crippen LogP contribution in [0.2, 0.25) is 0 Å². The zero-order valence-electron chi connectivity index (χ0n) is 13.2. The molecule has 1 unspecified atom stereocenters. The topological polar surface area (TPSA) is 35.2 Å². The van der Waals surface area contributed by atoms with E-state index < -0.39 is 0 Å². The Morgan fingerprint density at radius 3 is 2.62 bits per heavy atom. The van der Waals surface area contributed by atoms with Crippen molar-refractivity contribution in [1.29, 1.82) is 0 Å². The smallest absolute Gasteiger partial charge is 0.123 e. The molecular weight excluding hydrogens is 258 g/mol. The van der Waals surface area contributed by atoms with Gasteiger partial charge in [0.25, 0.3) is 0 Å². The normalized spacial score (nSPS) is 17.2. The predicted molar refractivity (Wildman–Crippen MR) is 86.9 cm³/mol. The number of aryl methyl sites for hydroxylation is 2. The molecule has 21 heavy (non-hydrogen) atoms. The molecule has 2 heteroatoms. The highest BCUT2D eigenvalue weighted by molar-refractivity contribution is 5.48. The number of ether oxygens (including phenoxy) is 1.